The van der Waals surface area contributed by atoms with E-state index in [1.165, 1.54) is 12.8 Å². The Balaban J connectivity index is 1.30. The van der Waals surface area contributed by atoms with E-state index in [1.54, 1.807) is 14.2 Å². The van der Waals surface area contributed by atoms with Crippen LogP contribution < -0.4 is 9.47 Å². The van der Waals surface area contributed by atoms with Crippen molar-refractivity contribution in [1.29, 1.82) is 0 Å². The maximum atomic E-state index is 12.8. The van der Waals surface area contributed by atoms with Gasteiger partial charge in [0.05, 0.1) is 14.2 Å². The predicted octanol–water partition coefficient (Wildman–Crippen LogP) is 9.46. The molecular weight excluding hydrogens is 484 g/mol. The first-order valence-electron chi connectivity index (χ1n) is 14.4. The van der Waals surface area contributed by atoms with Crippen molar-refractivity contribution in [2.24, 2.45) is 0 Å². The average molecular weight is 529 g/mol. The van der Waals surface area contributed by atoms with E-state index in [9.17, 15) is 9.59 Å². The summed E-state index contributed by atoms with van der Waals surface area (Å²) in [5, 5.41) is 0. The molecule has 4 heteroatoms. The number of Topliss-reactive ketones (excluding diaryl/α,β-unsaturated/α-hetero) is 2. The van der Waals surface area contributed by atoms with Gasteiger partial charge in [0.1, 0.15) is 11.5 Å². The molecule has 0 unspecified atom stereocenters. The van der Waals surface area contributed by atoms with Gasteiger partial charge in [0.15, 0.2) is 11.6 Å². The number of benzene rings is 3. The maximum Gasteiger partial charge on any atom is 0.162 e. The molecule has 0 aromatic heterocycles. The smallest absolute Gasteiger partial charge is 0.162 e. The molecule has 0 fully saturated rings. The molecule has 39 heavy (non-hydrogen) atoms. The largest absolute Gasteiger partial charge is 0.496 e. The molecule has 0 spiro atoms. The lowest BCUT2D eigenvalue weighted by Gasteiger charge is -2.13. The van der Waals surface area contributed by atoms with Crippen molar-refractivity contribution in [2.45, 2.75) is 84.0 Å². The maximum absolute atomic E-state index is 12.8. The van der Waals surface area contributed by atoms with Crippen molar-refractivity contribution < 1.29 is 19.1 Å². The first-order valence-corrected chi connectivity index (χ1v) is 14.4. The Morgan fingerprint density at radius 1 is 0.615 bits per heavy atom. The van der Waals surface area contributed by atoms with E-state index in [0.717, 1.165) is 77.8 Å². The summed E-state index contributed by atoms with van der Waals surface area (Å²) in [5.74, 6) is 2.36. The molecule has 0 heterocycles. The first kappa shape index (κ1) is 30.1. The number of carbonyl (C=O) groups is 2. The molecular formula is C35H44O4. The van der Waals surface area contributed by atoms with Crippen molar-refractivity contribution >= 4 is 11.6 Å². The quantitative estimate of drug-likeness (QED) is 0.129. The van der Waals surface area contributed by atoms with Gasteiger partial charge in [-0.2, -0.15) is 0 Å². The molecule has 4 nitrogen and oxygen atoms in total. The number of methoxy groups -OCH3 is 2. The summed E-state index contributed by atoms with van der Waals surface area (Å²) in [6, 6.07) is 21.6. The molecule has 0 atom stereocenters. The lowest BCUT2D eigenvalue weighted by molar-refractivity contribution is 0.0970. The molecule has 3 aromatic rings. The van der Waals surface area contributed by atoms with Crippen LogP contribution in [0.4, 0.5) is 0 Å². The molecule has 0 bridgehead atoms. The molecule has 0 amide bonds. The Bertz CT molecular complexity index is 1200. The van der Waals surface area contributed by atoms with E-state index in [2.05, 4.69) is 13.8 Å². The fourth-order valence-corrected chi connectivity index (χ4v) is 5.00. The zero-order valence-corrected chi connectivity index (χ0v) is 24.1. The number of hydrogen-bond acceptors (Lipinski definition) is 4. The molecule has 0 aliphatic carbocycles. The first-order chi connectivity index (χ1) is 18.9. The topological polar surface area (TPSA) is 52.6 Å². The Morgan fingerprint density at radius 2 is 1.10 bits per heavy atom. The molecule has 0 aliphatic rings. The highest BCUT2D eigenvalue weighted by atomic mass is 16.5. The van der Waals surface area contributed by atoms with Gasteiger partial charge >= 0.3 is 0 Å². The van der Waals surface area contributed by atoms with E-state index < -0.39 is 0 Å². The summed E-state index contributed by atoms with van der Waals surface area (Å²) in [7, 11) is 3.33. The Hall–Kier alpha value is -3.40. The minimum atomic E-state index is 0.192. The standard InChI is InChI=1S/C35H44O4/c1-26(2)30-24-28(20-22-34(30)38-3)32(36)18-14-9-7-5-6-8-10-15-19-33(37)29-21-23-35(39-4)31(25-29)27-16-12-11-13-17-27/h11-13,16-17,20-26H,5-10,14-15,18-19H2,1-4H3. The minimum absolute atomic E-state index is 0.192. The van der Waals surface area contributed by atoms with Gasteiger partial charge in [-0.3, -0.25) is 9.59 Å². The van der Waals surface area contributed by atoms with Crippen molar-refractivity contribution in [1.82, 2.24) is 0 Å². The Morgan fingerprint density at radius 3 is 1.62 bits per heavy atom. The van der Waals surface area contributed by atoms with Crippen molar-refractivity contribution in [2.75, 3.05) is 14.2 Å². The van der Waals surface area contributed by atoms with Gasteiger partial charge < -0.3 is 9.47 Å². The monoisotopic (exact) mass is 528 g/mol. The summed E-state index contributed by atoms with van der Waals surface area (Å²) in [5.41, 5.74) is 4.63. The molecule has 0 saturated heterocycles. The Kier molecular flexibility index (Phi) is 12.3. The normalized spacial score (nSPS) is 11.0. The Labute approximate surface area is 234 Å². The molecule has 0 N–H and O–H groups in total. The number of ether oxygens (including phenoxy) is 2. The van der Waals surface area contributed by atoms with Gasteiger partial charge in [-0.15, -0.1) is 0 Å². The third kappa shape index (κ3) is 9.09. The SMILES string of the molecule is COc1ccc(C(=O)CCCCCCCCCCC(=O)c2ccc(OC)c(C(C)C)c2)cc1-c1ccccc1. The van der Waals surface area contributed by atoms with E-state index in [-0.39, 0.29) is 11.6 Å². The van der Waals surface area contributed by atoms with Crippen LogP contribution in [-0.4, -0.2) is 25.8 Å². The predicted molar refractivity (Wildman–Crippen MR) is 160 cm³/mol. The van der Waals surface area contributed by atoms with Gasteiger partial charge in [0.25, 0.3) is 0 Å². The van der Waals surface area contributed by atoms with Crippen LogP contribution in [0.15, 0.2) is 66.7 Å². The number of hydrogen-bond donors (Lipinski definition) is 0. The second-order valence-electron chi connectivity index (χ2n) is 10.6. The van der Waals surface area contributed by atoms with Crippen molar-refractivity contribution in [3.8, 4) is 22.6 Å². The highest BCUT2D eigenvalue weighted by Gasteiger charge is 2.13. The molecule has 0 saturated carbocycles. The summed E-state index contributed by atoms with van der Waals surface area (Å²) >= 11 is 0. The van der Waals surface area contributed by atoms with Crippen LogP contribution in [0.2, 0.25) is 0 Å². The van der Waals surface area contributed by atoms with Gasteiger partial charge in [-0.1, -0.05) is 82.7 Å². The van der Waals surface area contributed by atoms with E-state index >= 15 is 0 Å². The molecule has 3 rings (SSSR count). The van der Waals surface area contributed by atoms with Crippen LogP contribution in [0.25, 0.3) is 11.1 Å². The third-order valence-electron chi connectivity index (χ3n) is 7.34. The lowest BCUT2D eigenvalue weighted by Crippen LogP contribution is -2.02. The summed E-state index contributed by atoms with van der Waals surface area (Å²) in [6.45, 7) is 4.24. The van der Waals surface area contributed by atoms with Crippen LogP contribution in [0.1, 0.15) is 110 Å². The highest BCUT2D eigenvalue weighted by Crippen LogP contribution is 2.31. The van der Waals surface area contributed by atoms with Gasteiger partial charge in [0.2, 0.25) is 0 Å². The molecule has 0 radical (unpaired) electrons. The lowest BCUT2D eigenvalue weighted by atomic mass is 9.96. The van der Waals surface area contributed by atoms with Gasteiger partial charge in [-0.25, -0.2) is 0 Å². The van der Waals surface area contributed by atoms with Crippen molar-refractivity contribution in [3.05, 3.63) is 83.4 Å². The number of rotatable bonds is 17. The summed E-state index contributed by atoms with van der Waals surface area (Å²) in [4.78, 5) is 25.4. The molecule has 0 aliphatic heterocycles. The van der Waals surface area contributed by atoms with Crippen molar-refractivity contribution in [3.63, 3.8) is 0 Å². The highest BCUT2D eigenvalue weighted by molar-refractivity contribution is 5.98. The van der Waals surface area contributed by atoms with E-state index in [0.29, 0.717) is 18.8 Å². The molecule has 3 aromatic carbocycles. The van der Waals surface area contributed by atoms with Gasteiger partial charge in [0, 0.05) is 29.5 Å². The minimum Gasteiger partial charge on any atom is -0.496 e. The summed E-state index contributed by atoms with van der Waals surface area (Å²) < 4.78 is 10.9. The fourth-order valence-electron chi connectivity index (χ4n) is 5.00. The number of unbranched alkanes of at least 4 members (excludes halogenated alkanes) is 7. The summed E-state index contributed by atoms with van der Waals surface area (Å²) in [6.07, 6.45) is 9.84. The van der Waals surface area contributed by atoms with Gasteiger partial charge in [-0.05, 0) is 66.3 Å². The zero-order valence-electron chi connectivity index (χ0n) is 24.1. The van der Waals surface area contributed by atoms with Crippen LogP contribution in [0, 0.1) is 0 Å². The van der Waals surface area contributed by atoms with E-state index in [1.807, 2.05) is 66.7 Å². The number of ketones is 2. The number of carbonyl (C=O) groups excluding carboxylic acids is 2. The van der Waals surface area contributed by atoms with E-state index in [4.69, 9.17) is 9.47 Å². The van der Waals surface area contributed by atoms with Crippen LogP contribution in [0.3, 0.4) is 0 Å². The van der Waals surface area contributed by atoms with Crippen LogP contribution >= 0.6 is 0 Å². The molecule has 208 valence electrons. The third-order valence-corrected chi connectivity index (χ3v) is 7.34. The van der Waals surface area contributed by atoms with Crippen LogP contribution in [0.5, 0.6) is 11.5 Å². The van der Waals surface area contributed by atoms with Crippen LogP contribution in [-0.2, 0) is 0 Å². The zero-order chi connectivity index (χ0) is 28.0. The fraction of sp³-hybridized carbons (Fsp3) is 0.429. The second kappa shape index (κ2) is 15.9. The average Bonchev–Trinajstić information content (AvgIpc) is 2.97. The second-order valence-corrected chi connectivity index (χ2v) is 10.6.